The Bertz CT molecular complexity index is 359. The van der Waals surface area contributed by atoms with Gasteiger partial charge in [-0.1, -0.05) is 19.8 Å². The van der Waals surface area contributed by atoms with Gasteiger partial charge in [-0.05, 0) is 61.0 Å². The van der Waals surface area contributed by atoms with Gasteiger partial charge in [0, 0.05) is 12.5 Å². The van der Waals surface area contributed by atoms with Gasteiger partial charge in [-0.3, -0.25) is 4.79 Å². The first-order valence-electron chi connectivity index (χ1n) is 7.66. The minimum absolute atomic E-state index is 0.172. The highest BCUT2D eigenvalue weighted by molar-refractivity contribution is 7.07. The summed E-state index contributed by atoms with van der Waals surface area (Å²) < 4.78 is 0. The summed E-state index contributed by atoms with van der Waals surface area (Å²) in [6, 6.07) is 2.32. The zero-order valence-electron chi connectivity index (χ0n) is 12.7. The molecular weight excluding hydrogens is 268 g/mol. The summed E-state index contributed by atoms with van der Waals surface area (Å²) in [6.07, 6.45) is 5.87. The van der Waals surface area contributed by atoms with Crippen LogP contribution < -0.4 is 11.1 Å². The standard InChI is InChI=1S/C16H28N2OS/c1-3-4-14(7-9-17)5-6-16(19)18-13(2)11-15-8-10-20-12-15/h8,10,12-14H,3-7,9,11,17H2,1-2H3,(H,18,19). The molecule has 0 fully saturated rings. The number of carbonyl (C=O) groups is 1. The molecule has 1 aromatic heterocycles. The topological polar surface area (TPSA) is 55.1 Å². The molecule has 0 radical (unpaired) electrons. The van der Waals surface area contributed by atoms with Crippen LogP contribution in [0.5, 0.6) is 0 Å². The Balaban J connectivity index is 2.24. The van der Waals surface area contributed by atoms with E-state index in [1.165, 1.54) is 18.4 Å². The fourth-order valence-corrected chi connectivity index (χ4v) is 3.25. The zero-order valence-corrected chi connectivity index (χ0v) is 13.5. The van der Waals surface area contributed by atoms with Crippen LogP contribution in [0.4, 0.5) is 0 Å². The summed E-state index contributed by atoms with van der Waals surface area (Å²) in [7, 11) is 0. The third kappa shape index (κ3) is 7.06. The maximum atomic E-state index is 12.0. The van der Waals surface area contributed by atoms with Gasteiger partial charge in [0.05, 0.1) is 0 Å². The first kappa shape index (κ1) is 17.2. The molecule has 0 bridgehead atoms. The highest BCUT2D eigenvalue weighted by Crippen LogP contribution is 2.17. The number of rotatable bonds is 10. The van der Waals surface area contributed by atoms with Crippen LogP contribution in [0.1, 0.15) is 51.5 Å². The van der Waals surface area contributed by atoms with E-state index in [0.717, 1.165) is 25.8 Å². The van der Waals surface area contributed by atoms with E-state index in [4.69, 9.17) is 5.73 Å². The van der Waals surface area contributed by atoms with Gasteiger partial charge in [0.2, 0.25) is 5.91 Å². The normalized spacial score (nSPS) is 13.9. The number of amides is 1. The maximum absolute atomic E-state index is 12.0. The van der Waals surface area contributed by atoms with Crippen molar-refractivity contribution in [1.82, 2.24) is 5.32 Å². The van der Waals surface area contributed by atoms with Crippen molar-refractivity contribution >= 4 is 17.2 Å². The lowest BCUT2D eigenvalue weighted by atomic mass is 9.94. The number of nitrogens with two attached hydrogens (primary N) is 1. The van der Waals surface area contributed by atoms with Gasteiger partial charge in [0.15, 0.2) is 0 Å². The monoisotopic (exact) mass is 296 g/mol. The molecule has 4 heteroatoms. The van der Waals surface area contributed by atoms with Crippen LogP contribution in [0.3, 0.4) is 0 Å². The van der Waals surface area contributed by atoms with Crippen molar-refractivity contribution in [3.63, 3.8) is 0 Å². The van der Waals surface area contributed by atoms with E-state index in [-0.39, 0.29) is 11.9 Å². The Morgan fingerprint density at radius 2 is 2.20 bits per heavy atom. The van der Waals surface area contributed by atoms with Crippen molar-refractivity contribution < 1.29 is 4.79 Å². The average molecular weight is 296 g/mol. The van der Waals surface area contributed by atoms with E-state index < -0.39 is 0 Å². The second kappa shape index (κ2) is 9.94. The number of nitrogens with one attached hydrogen (secondary N) is 1. The Hall–Kier alpha value is -0.870. The third-order valence-corrected chi connectivity index (χ3v) is 4.31. The number of thiophene rings is 1. The first-order chi connectivity index (χ1) is 9.65. The van der Waals surface area contributed by atoms with Crippen LogP contribution in [0.15, 0.2) is 16.8 Å². The third-order valence-electron chi connectivity index (χ3n) is 3.58. The average Bonchev–Trinajstić information content (AvgIpc) is 2.89. The van der Waals surface area contributed by atoms with Gasteiger partial charge < -0.3 is 11.1 Å². The van der Waals surface area contributed by atoms with E-state index in [2.05, 4.69) is 36.0 Å². The molecule has 0 aliphatic rings. The summed E-state index contributed by atoms with van der Waals surface area (Å²) in [5.41, 5.74) is 6.92. The predicted octanol–water partition coefficient (Wildman–Crippen LogP) is 3.34. The van der Waals surface area contributed by atoms with E-state index in [1.54, 1.807) is 11.3 Å². The molecule has 114 valence electrons. The van der Waals surface area contributed by atoms with E-state index in [1.807, 2.05) is 0 Å². The number of hydrogen-bond donors (Lipinski definition) is 2. The van der Waals surface area contributed by atoms with Crippen LogP contribution >= 0.6 is 11.3 Å². The molecule has 1 heterocycles. The fraction of sp³-hybridized carbons (Fsp3) is 0.688. The summed E-state index contributed by atoms with van der Waals surface area (Å²) in [4.78, 5) is 12.0. The quantitative estimate of drug-likeness (QED) is 0.696. The minimum atomic E-state index is 0.172. The second-order valence-corrected chi connectivity index (χ2v) is 6.36. The summed E-state index contributed by atoms with van der Waals surface area (Å²) >= 11 is 1.70. The molecule has 1 rings (SSSR count). The molecule has 3 N–H and O–H groups in total. The maximum Gasteiger partial charge on any atom is 0.220 e. The molecule has 3 nitrogen and oxygen atoms in total. The van der Waals surface area contributed by atoms with Crippen molar-refractivity contribution in [3.8, 4) is 0 Å². The van der Waals surface area contributed by atoms with E-state index in [9.17, 15) is 4.79 Å². The molecule has 1 aromatic rings. The lowest BCUT2D eigenvalue weighted by molar-refractivity contribution is -0.122. The van der Waals surface area contributed by atoms with Crippen molar-refractivity contribution in [1.29, 1.82) is 0 Å². The molecule has 1 amide bonds. The van der Waals surface area contributed by atoms with Gasteiger partial charge in [-0.25, -0.2) is 0 Å². The lowest BCUT2D eigenvalue weighted by Crippen LogP contribution is -2.34. The Morgan fingerprint density at radius 1 is 1.40 bits per heavy atom. The van der Waals surface area contributed by atoms with Crippen LogP contribution in [-0.2, 0) is 11.2 Å². The highest BCUT2D eigenvalue weighted by atomic mass is 32.1. The van der Waals surface area contributed by atoms with Gasteiger partial charge in [0.25, 0.3) is 0 Å². The van der Waals surface area contributed by atoms with Crippen molar-refractivity contribution in [2.75, 3.05) is 6.54 Å². The van der Waals surface area contributed by atoms with Gasteiger partial charge in [-0.2, -0.15) is 11.3 Å². The number of carbonyl (C=O) groups excluding carboxylic acids is 1. The molecular formula is C16H28N2OS. The van der Waals surface area contributed by atoms with Crippen molar-refractivity contribution in [2.45, 2.75) is 58.4 Å². The molecule has 0 saturated carbocycles. The molecule has 0 saturated heterocycles. The predicted molar refractivity (Wildman–Crippen MR) is 86.9 cm³/mol. The highest BCUT2D eigenvalue weighted by Gasteiger charge is 2.12. The minimum Gasteiger partial charge on any atom is -0.353 e. The molecule has 0 aromatic carbocycles. The van der Waals surface area contributed by atoms with Crippen LogP contribution in [0.2, 0.25) is 0 Å². The lowest BCUT2D eigenvalue weighted by Gasteiger charge is -2.17. The van der Waals surface area contributed by atoms with E-state index >= 15 is 0 Å². The molecule has 0 aliphatic heterocycles. The molecule has 20 heavy (non-hydrogen) atoms. The molecule has 0 aliphatic carbocycles. The van der Waals surface area contributed by atoms with Crippen molar-refractivity contribution in [3.05, 3.63) is 22.4 Å². The first-order valence-corrected chi connectivity index (χ1v) is 8.60. The molecule has 0 spiro atoms. The Morgan fingerprint density at radius 3 is 2.80 bits per heavy atom. The number of hydrogen-bond acceptors (Lipinski definition) is 3. The van der Waals surface area contributed by atoms with Gasteiger partial charge in [0.1, 0.15) is 0 Å². The SMILES string of the molecule is CCCC(CCN)CCC(=O)NC(C)Cc1ccsc1. The smallest absolute Gasteiger partial charge is 0.220 e. The fourth-order valence-electron chi connectivity index (χ4n) is 2.57. The van der Waals surface area contributed by atoms with Gasteiger partial charge in [-0.15, -0.1) is 0 Å². The van der Waals surface area contributed by atoms with Gasteiger partial charge >= 0.3 is 0 Å². The van der Waals surface area contributed by atoms with E-state index in [0.29, 0.717) is 12.3 Å². The van der Waals surface area contributed by atoms with Crippen molar-refractivity contribution in [2.24, 2.45) is 11.7 Å². The summed E-state index contributed by atoms with van der Waals surface area (Å²) in [6.45, 7) is 4.98. The molecule has 2 unspecified atom stereocenters. The largest absolute Gasteiger partial charge is 0.353 e. The zero-order chi connectivity index (χ0) is 14.8. The Kier molecular flexibility index (Phi) is 8.54. The second-order valence-electron chi connectivity index (χ2n) is 5.58. The summed E-state index contributed by atoms with van der Waals surface area (Å²) in [5, 5.41) is 7.31. The Labute approximate surface area is 127 Å². The molecule has 2 atom stereocenters. The summed E-state index contributed by atoms with van der Waals surface area (Å²) in [5.74, 6) is 0.772. The van der Waals surface area contributed by atoms with Crippen LogP contribution in [0, 0.1) is 5.92 Å². The van der Waals surface area contributed by atoms with Crippen LogP contribution in [-0.4, -0.2) is 18.5 Å². The van der Waals surface area contributed by atoms with Crippen LogP contribution in [0.25, 0.3) is 0 Å².